The highest BCUT2D eigenvalue weighted by Crippen LogP contribution is 2.12. The highest BCUT2D eigenvalue weighted by atomic mass is 15.3. The van der Waals surface area contributed by atoms with Gasteiger partial charge in [0, 0.05) is 32.8 Å². The fourth-order valence-electron chi connectivity index (χ4n) is 1.42. The smallest absolute Gasteiger partial charge is 0.0680 e. The van der Waals surface area contributed by atoms with Gasteiger partial charge in [0.25, 0.3) is 0 Å². The Morgan fingerprint density at radius 3 is 3.00 bits per heavy atom. The number of piperazine rings is 1. The molecule has 2 aliphatic rings. The lowest BCUT2D eigenvalue weighted by atomic mass is 10.2. The fourth-order valence-corrected chi connectivity index (χ4v) is 1.42. The molecule has 0 amide bonds. The summed E-state index contributed by atoms with van der Waals surface area (Å²) >= 11 is 0. The van der Waals surface area contributed by atoms with Gasteiger partial charge in [-0.2, -0.15) is 0 Å². The second-order valence-electron chi connectivity index (χ2n) is 2.59. The molecule has 0 saturated carbocycles. The van der Waals surface area contributed by atoms with E-state index in [1.807, 2.05) is 0 Å². The fraction of sp³-hybridized carbons (Fsp3) is 0.833. The monoisotopic (exact) mass is 126 g/mol. The summed E-state index contributed by atoms with van der Waals surface area (Å²) < 4.78 is 0. The van der Waals surface area contributed by atoms with E-state index in [9.17, 15) is 0 Å². The third kappa shape index (κ3) is 0.956. The molecule has 0 aromatic heterocycles. The summed E-state index contributed by atoms with van der Waals surface area (Å²) in [6.07, 6.45) is 0. The van der Waals surface area contributed by atoms with Crippen LogP contribution in [-0.4, -0.2) is 37.7 Å². The Morgan fingerprint density at radius 1 is 1.22 bits per heavy atom. The van der Waals surface area contributed by atoms with Crippen LogP contribution in [0.1, 0.15) is 0 Å². The highest BCUT2D eigenvalue weighted by molar-refractivity contribution is 5.01. The molecule has 2 saturated heterocycles. The van der Waals surface area contributed by atoms with E-state index in [1.165, 1.54) is 12.6 Å². The van der Waals surface area contributed by atoms with Crippen LogP contribution in [0.25, 0.3) is 0 Å². The molecule has 0 unspecified atom stereocenters. The van der Waals surface area contributed by atoms with Gasteiger partial charge < -0.3 is 10.6 Å². The van der Waals surface area contributed by atoms with Crippen molar-refractivity contribution in [1.29, 1.82) is 0 Å². The van der Waals surface area contributed by atoms with Gasteiger partial charge in [-0.15, -0.1) is 0 Å². The third-order valence-corrected chi connectivity index (χ3v) is 1.97. The van der Waals surface area contributed by atoms with Gasteiger partial charge in [0.1, 0.15) is 0 Å². The highest BCUT2D eigenvalue weighted by Gasteiger charge is 2.26. The summed E-state index contributed by atoms with van der Waals surface area (Å²) in [6, 6.07) is 1.53. The Bertz CT molecular complexity index is 92.5. The predicted octanol–water partition coefficient (Wildman–Crippen LogP) is -1.02. The number of rotatable bonds is 0. The first-order valence-electron chi connectivity index (χ1n) is 3.48. The zero-order valence-electron chi connectivity index (χ0n) is 5.48. The van der Waals surface area contributed by atoms with Crippen molar-refractivity contribution in [3.05, 3.63) is 6.04 Å². The van der Waals surface area contributed by atoms with Gasteiger partial charge in [-0.1, -0.05) is 0 Å². The Balaban J connectivity index is 1.97. The standard InChI is InChI=1S/C6H12N3/c1-2-9-5-8-4-6(9)3-7-1/h7-8H,1-5H2. The van der Waals surface area contributed by atoms with Gasteiger partial charge in [0.05, 0.1) is 6.04 Å². The minimum atomic E-state index is 1.07. The second-order valence-corrected chi connectivity index (χ2v) is 2.59. The molecule has 2 heterocycles. The predicted molar refractivity (Wildman–Crippen MR) is 35.7 cm³/mol. The molecule has 0 atom stereocenters. The zero-order valence-corrected chi connectivity index (χ0v) is 5.48. The lowest BCUT2D eigenvalue weighted by Gasteiger charge is -2.27. The number of hydrogen-bond acceptors (Lipinski definition) is 3. The molecule has 0 aromatic carbocycles. The van der Waals surface area contributed by atoms with Crippen LogP contribution in [0.3, 0.4) is 0 Å². The van der Waals surface area contributed by atoms with Gasteiger partial charge in [0.15, 0.2) is 0 Å². The van der Waals surface area contributed by atoms with Gasteiger partial charge in [-0.25, -0.2) is 0 Å². The summed E-state index contributed by atoms with van der Waals surface area (Å²) in [5.74, 6) is 0. The van der Waals surface area contributed by atoms with E-state index in [1.54, 1.807) is 0 Å². The van der Waals surface area contributed by atoms with Crippen molar-refractivity contribution >= 4 is 0 Å². The molecule has 1 radical (unpaired) electrons. The summed E-state index contributed by atoms with van der Waals surface area (Å²) in [6.45, 7) is 5.57. The van der Waals surface area contributed by atoms with Crippen LogP contribution in [0, 0.1) is 6.04 Å². The van der Waals surface area contributed by atoms with Crippen LogP contribution in [0.5, 0.6) is 0 Å². The van der Waals surface area contributed by atoms with E-state index < -0.39 is 0 Å². The van der Waals surface area contributed by atoms with Gasteiger partial charge in [0.2, 0.25) is 0 Å². The van der Waals surface area contributed by atoms with Crippen LogP contribution in [0.4, 0.5) is 0 Å². The van der Waals surface area contributed by atoms with E-state index in [0.29, 0.717) is 0 Å². The molecular weight excluding hydrogens is 114 g/mol. The van der Waals surface area contributed by atoms with Gasteiger partial charge >= 0.3 is 0 Å². The topological polar surface area (TPSA) is 27.3 Å². The summed E-state index contributed by atoms with van der Waals surface area (Å²) in [4.78, 5) is 2.41. The molecule has 3 nitrogen and oxygen atoms in total. The number of nitrogens with zero attached hydrogens (tertiary/aromatic N) is 1. The van der Waals surface area contributed by atoms with Crippen LogP contribution < -0.4 is 10.6 Å². The van der Waals surface area contributed by atoms with Crippen LogP contribution in [0.2, 0.25) is 0 Å². The van der Waals surface area contributed by atoms with E-state index in [0.717, 1.165) is 26.3 Å². The van der Waals surface area contributed by atoms with Crippen molar-refractivity contribution in [2.75, 3.05) is 32.8 Å². The molecule has 3 heteroatoms. The maximum Gasteiger partial charge on any atom is 0.0680 e. The van der Waals surface area contributed by atoms with E-state index in [2.05, 4.69) is 15.5 Å². The summed E-state index contributed by atoms with van der Waals surface area (Å²) in [5, 5.41) is 6.65. The first-order valence-corrected chi connectivity index (χ1v) is 3.48. The molecule has 9 heavy (non-hydrogen) atoms. The summed E-state index contributed by atoms with van der Waals surface area (Å²) in [7, 11) is 0. The SMILES string of the molecule is C1CN2CNC[C]2CN1. The lowest BCUT2D eigenvalue weighted by molar-refractivity contribution is 0.287. The quantitative estimate of drug-likeness (QED) is 0.435. The normalized spacial score (nSPS) is 30.7. The number of fused-ring (bicyclic) bond motifs is 1. The van der Waals surface area contributed by atoms with Gasteiger partial charge in [-0.3, -0.25) is 4.90 Å². The van der Waals surface area contributed by atoms with E-state index in [4.69, 9.17) is 0 Å². The minimum Gasteiger partial charge on any atom is -0.313 e. The molecule has 0 bridgehead atoms. The van der Waals surface area contributed by atoms with Crippen molar-refractivity contribution in [1.82, 2.24) is 15.5 Å². The number of nitrogens with one attached hydrogen (secondary N) is 2. The molecular formula is C6H12N3. The molecule has 0 aliphatic carbocycles. The maximum absolute atomic E-state index is 3.34. The molecule has 2 fully saturated rings. The average Bonchev–Trinajstić information content (AvgIpc) is 2.33. The molecule has 51 valence electrons. The minimum absolute atomic E-state index is 1.07. The molecule has 2 rings (SSSR count). The Hall–Kier alpha value is -0.120. The maximum atomic E-state index is 3.34. The molecule has 0 spiro atoms. The summed E-state index contributed by atoms with van der Waals surface area (Å²) in [5.41, 5.74) is 0. The van der Waals surface area contributed by atoms with Crippen LogP contribution >= 0.6 is 0 Å². The molecule has 2 aliphatic heterocycles. The first kappa shape index (κ1) is 5.65. The zero-order chi connectivity index (χ0) is 6.10. The average molecular weight is 126 g/mol. The number of hydrogen-bond donors (Lipinski definition) is 2. The van der Waals surface area contributed by atoms with Crippen molar-refractivity contribution in [3.8, 4) is 0 Å². The Morgan fingerprint density at radius 2 is 2.11 bits per heavy atom. The third-order valence-electron chi connectivity index (χ3n) is 1.97. The van der Waals surface area contributed by atoms with Crippen LogP contribution in [-0.2, 0) is 0 Å². The lowest BCUT2D eigenvalue weighted by Crippen LogP contribution is -2.43. The Kier molecular flexibility index (Phi) is 1.41. The first-order chi connectivity index (χ1) is 4.47. The van der Waals surface area contributed by atoms with Crippen molar-refractivity contribution in [3.63, 3.8) is 0 Å². The Labute approximate surface area is 55.4 Å². The molecule has 2 N–H and O–H groups in total. The van der Waals surface area contributed by atoms with Crippen molar-refractivity contribution in [2.24, 2.45) is 0 Å². The van der Waals surface area contributed by atoms with Crippen molar-refractivity contribution in [2.45, 2.75) is 0 Å². The largest absolute Gasteiger partial charge is 0.313 e. The van der Waals surface area contributed by atoms with Crippen LogP contribution in [0.15, 0.2) is 0 Å². The van der Waals surface area contributed by atoms with Crippen molar-refractivity contribution < 1.29 is 0 Å². The van der Waals surface area contributed by atoms with E-state index in [-0.39, 0.29) is 0 Å². The second kappa shape index (κ2) is 2.25. The van der Waals surface area contributed by atoms with Gasteiger partial charge in [-0.05, 0) is 0 Å². The molecule has 0 aromatic rings. The van der Waals surface area contributed by atoms with E-state index >= 15 is 0 Å².